The summed E-state index contributed by atoms with van der Waals surface area (Å²) in [6.45, 7) is 8.70. The van der Waals surface area contributed by atoms with E-state index in [-0.39, 0.29) is 5.54 Å². The molecule has 2 rings (SSSR count). The van der Waals surface area contributed by atoms with Crippen molar-refractivity contribution in [1.82, 2.24) is 5.32 Å². The van der Waals surface area contributed by atoms with Crippen molar-refractivity contribution >= 4 is 15.9 Å². The van der Waals surface area contributed by atoms with Crippen LogP contribution in [0.1, 0.15) is 45.6 Å². The Kier molecular flexibility index (Phi) is 6.27. The Labute approximate surface area is 137 Å². The van der Waals surface area contributed by atoms with E-state index in [9.17, 15) is 0 Å². The molecule has 1 N–H and O–H groups in total. The van der Waals surface area contributed by atoms with Crippen molar-refractivity contribution in [2.24, 2.45) is 5.92 Å². The molecule has 1 fully saturated rings. The van der Waals surface area contributed by atoms with Crippen LogP contribution in [-0.4, -0.2) is 24.8 Å². The normalized spacial score (nSPS) is 20.7. The lowest BCUT2D eigenvalue weighted by Gasteiger charge is -2.27. The van der Waals surface area contributed by atoms with E-state index in [0.717, 1.165) is 24.0 Å². The number of nitrogens with one attached hydrogen (secondary N) is 1. The standard InChI is InChI=1S/C18H28BrNO/c1-18(2,3)20-13-15(12-17-5-4-10-21-17)11-14-6-8-16(19)9-7-14/h6-9,15,17,20H,4-5,10-13H2,1-3H3. The van der Waals surface area contributed by atoms with Gasteiger partial charge in [0.1, 0.15) is 0 Å². The zero-order valence-electron chi connectivity index (χ0n) is 13.5. The minimum atomic E-state index is 0.175. The van der Waals surface area contributed by atoms with Gasteiger partial charge in [0.15, 0.2) is 0 Å². The molecule has 2 unspecified atom stereocenters. The summed E-state index contributed by atoms with van der Waals surface area (Å²) >= 11 is 3.51. The number of ether oxygens (including phenoxy) is 1. The second-order valence-corrected chi connectivity index (χ2v) is 8.11. The molecule has 21 heavy (non-hydrogen) atoms. The predicted molar refractivity (Wildman–Crippen MR) is 92.7 cm³/mol. The summed E-state index contributed by atoms with van der Waals surface area (Å²) in [7, 11) is 0. The fourth-order valence-corrected chi connectivity index (χ4v) is 3.11. The summed E-state index contributed by atoms with van der Waals surface area (Å²) < 4.78 is 6.98. The smallest absolute Gasteiger partial charge is 0.0579 e. The van der Waals surface area contributed by atoms with Gasteiger partial charge in [0.25, 0.3) is 0 Å². The highest BCUT2D eigenvalue weighted by Gasteiger charge is 2.22. The Balaban J connectivity index is 1.94. The summed E-state index contributed by atoms with van der Waals surface area (Å²) in [5, 5.41) is 3.66. The fraction of sp³-hybridized carbons (Fsp3) is 0.667. The third-order valence-corrected chi connectivity index (χ3v) is 4.51. The molecule has 0 saturated carbocycles. The van der Waals surface area contributed by atoms with Crippen LogP contribution < -0.4 is 5.32 Å². The Morgan fingerprint density at radius 3 is 2.57 bits per heavy atom. The van der Waals surface area contributed by atoms with Crippen LogP contribution in [0.5, 0.6) is 0 Å². The molecular weight excluding hydrogens is 326 g/mol. The molecule has 0 amide bonds. The maximum absolute atomic E-state index is 5.84. The molecule has 0 spiro atoms. The molecule has 0 aliphatic carbocycles. The first-order valence-electron chi connectivity index (χ1n) is 8.03. The third kappa shape index (κ3) is 6.50. The van der Waals surface area contributed by atoms with Gasteiger partial charge in [0.05, 0.1) is 6.10 Å². The van der Waals surface area contributed by atoms with Gasteiger partial charge in [-0.2, -0.15) is 0 Å². The summed E-state index contributed by atoms with van der Waals surface area (Å²) in [4.78, 5) is 0. The molecule has 0 radical (unpaired) electrons. The van der Waals surface area contributed by atoms with Crippen molar-refractivity contribution in [2.75, 3.05) is 13.2 Å². The zero-order chi connectivity index (χ0) is 15.3. The molecule has 0 bridgehead atoms. The lowest BCUT2D eigenvalue weighted by Crippen LogP contribution is -2.40. The van der Waals surface area contributed by atoms with Gasteiger partial charge >= 0.3 is 0 Å². The highest BCUT2D eigenvalue weighted by Crippen LogP contribution is 2.23. The van der Waals surface area contributed by atoms with Crippen LogP contribution >= 0.6 is 15.9 Å². The van der Waals surface area contributed by atoms with Gasteiger partial charge in [-0.3, -0.25) is 0 Å². The average Bonchev–Trinajstić information content (AvgIpc) is 2.91. The van der Waals surface area contributed by atoms with E-state index < -0.39 is 0 Å². The molecule has 1 aromatic carbocycles. The van der Waals surface area contributed by atoms with Crippen LogP contribution in [0.2, 0.25) is 0 Å². The van der Waals surface area contributed by atoms with Crippen LogP contribution in [0.3, 0.4) is 0 Å². The predicted octanol–water partition coefficient (Wildman–Crippen LogP) is 4.57. The third-order valence-electron chi connectivity index (χ3n) is 3.98. The molecule has 1 aliphatic heterocycles. The molecule has 2 atom stereocenters. The van der Waals surface area contributed by atoms with Gasteiger partial charge in [0, 0.05) is 16.6 Å². The summed E-state index contributed by atoms with van der Waals surface area (Å²) in [6, 6.07) is 8.72. The number of halogens is 1. The van der Waals surface area contributed by atoms with Crippen molar-refractivity contribution in [3.8, 4) is 0 Å². The van der Waals surface area contributed by atoms with E-state index in [1.165, 1.54) is 24.8 Å². The highest BCUT2D eigenvalue weighted by atomic mass is 79.9. The minimum Gasteiger partial charge on any atom is -0.378 e. The van der Waals surface area contributed by atoms with E-state index >= 15 is 0 Å². The molecule has 1 heterocycles. The molecule has 3 heteroatoms. The number of hydrogen-bond donors (Lipinski definition) is 1. The first-order chi connectivity index (χ1) is 9.92. The Bertz CT molecular complexity index is 418. The van der Waals surface area contributed by atoms with Crippen molar-refractivity contribution in [1.29, 1.82) is 0 Å². The van der Waals surface area contributed by atoms with Gasteiger partial charge in [-0.1, -0.05) is 28.1 Å². The molecule has 118 valence electrons. The van der Waals surface area contributed by atoms with Gasteiger partial charge < -0.3 is 10.1 Å². The Morgan fingerprint density at radius 1 is 1.29 bits per heavy atom. The molecule has 1 aromatic rings. The number of benzene rings is 1. The van der Waals surface area contributed by atoms with Gasteiger partial charge in [0.2, 0.25) is 0 Å². The minimum absolute atomic E-state index is 0.175. The molecular formula is C18H28BrNO. The second kappa shape index (κ2) is 7.75. The van der Waals surface area contributed by atoms with Gasteiger partial charge in [-0.25, -0.2) is 0 Å². The number of hydrogen-bond acceptors (Lipinski definition) is 2. The maximum Gasteiger partial charge on any atom is 0.0579 e. The van der Waals surface area contributed by atoms with Crippen LogP contribution in [0.25, 0.3) is 0 Å². The van der Waals surface area contributed by atoms with Crippen LogP contribution in [0, 0.1) is 5.92 Å². The summed E-state index contributed by atoms with van der Waals surface area (Å²) in [5.41, 5.74) is 1.59. The van der Waals surface area contributed by atoms with Gasteiger partial charge in [-0.15, -0.1) is 0 Å². The summed E-state index contributed by atoms with van der Waals surface area (Å²) in [5.74, 6) is 0.633. The zero-order valence-corrected chi connectivity index (χ0v) is 15.1. The lowest BCUT2D eigenvalue weighted by molar-refractivity contribution is 0.0882. The van der Waals surface area contributed by atoms with E-state index in [1.807, 2.05) is 0 Å². The molecule has 2 nitrogen and oxygen atoms in total. The van der Waals surface area contributed by atoms with Crippen LogP contribution in [-0.2, 0) is 11.2 Å². The molecule has 1 aliphatic rings. The first-order valence-corrected chi connectivity index (χ1v) is 8.83. The van der Waals surface area contributed by atoms with Crippen molar-refractivity contribution in [2.45, 2.75) is 58.1 Å². The average molecular weight is 354 g/mol. The topological polar surface area (TPSA) is 21.3 Å². The van der Waals surface area contributed by atoms with E-state index in [0.29, 0.717) is 12.0 Å². The maximum atomic E-state index is 5.84. The second-order valence-electron chi connectivity index (χ2n) is 7.20. The van der Waals surface area contributed by atoms with E-state index in [4.69, 9.17) is 4.74 Å². The monoisotopic (exact) mass is 353 g/mol. The van der Waals surface area contributed by atoms with Gasteiger partial charge in [-0.05, 0) is 76.6 Å². The SMILES string of the molecule is CC(C)(C)NCC(Cc1ccc(Br)cc1)CC1CCCO1. The largest absolute Gasteiger partial charge is 0.378 e. The van der Waals surface area contributed by atoms with E-state index in [2.05, 4.69) is 66.3 Å². The van der Waals surface area contributed by atoms with Crippen LogP contribution in [0.4, 0.5) is 0 Å². The molecule has 1 saturated heterocycles. The quantitative estimate of drug-likeness (QED) is 0.808. The lowest BCUT2D eigenvalue weighted by atomic mass is 9.92. The Morgan fingerprint density at radius 2 is 2.00 bits per heavy atom. The van der Waals surface area contributed by atoms with Crippen LogP contribution in [0.15, 0.2) is 28.7 Å². The van der Waals surface area contributed by atoms with Crippen molar-refractivity contribution in [3.05, 3.63) is 34.3 Å². The van der Waals surface area contributed by atoms with Crippen molar-refractivity contribution in [3.63, 3.8) is 0 Å². The van der Waals surface area contributed by atoms with Crippen molar-refractivity contribution < 1.29 is 4.74 Å². The van der Waals surface area contributed by atoms with E-state index in [1.54, 1.807) is 0 Å². The fourth-order valence-electron chi connectivity index (χ4n) is 2.85. The summed E-state index contributed by atoms with van der Waals surface area (Å²) in [6.07, 6.45) is 5.21. The number of rotatable bonds is 6. The Hall–Kier alpha value is -0.380. The highest BCUT2D eigenvalue weighted by molar-refractivity contribution is 9.10. The molecule has 0 aromatic heterocycles. The first kappa shape index (κ1) is 17.0.